The van der Waals surface area contributed by atoms with Crippen molar-refractivity contribution in [1.29, 1.82) is 0 Å². The van der Waals surface area contributed by atoms with Crippen LogP contribution in [0, 0.1) is 13.8 Å². The Labute approximate surface area is 163 Å². The minimum atomic E-state index is -0.195. The third-order valence-electron chi connectivity index (χ3n) is 5.24. The Kier molecular flexibility index (Phi) is 4.65. The van der Waals surface area contributed by atoms with E-state index in [1.165, 1.54) is 0 Å². The van der Waals surface area contributed by atoms with Gasteiger partial charge in [0, 0.05) is 37.3 Å². The van der Waals surface area contributed by atoms with Crippen molar-refractivity contribution in [2.24, 2.45) is 0 Å². The number of ether oxygens (including phenoxy) is 1. The first-order valence-corrected chi connectivity index (χ1v) is 9.31. The smallest absolute Gasteiger partial charge is 0.276 e. The van der Waals surface area contributed by atoms with E-state index in [0.29, 0.717) is 18.0 Å². The van der Waals surface area contributed by atoms with Gasteiger partial charge in [-0.1, -0.05) is 0 Å². The molecule has 0 bridgehead atoms. The highest BCUT2D eigenvalue weighted by Gasteiger charge is 2.12. The van der Waals surface area contributed by atoms with E-state index >= 15 is 0 Å². The quantitative estimate of drug-likeness (QED) is 0.556. The van der Waals surface area contributed by atoms with E-state index in [1.54, 1.807) is 7.11 Å². The van der Waals surface area contributed by atoms with E-state index in [0.717, 1.165) is 45.3 Å². The average Bonchev–Trinajstić information content (AvgIpc) is 3.10. The standard InChI is InChI=1S/C22H24N4O2/c1-13-9-18-19(10-14(13)2)25-22(27)21(24-18)20-12-15-11-16(5-6-17(15)23-20)26(3)7-8-28-4/h5-6,9-12,23H,7-8H2,1-4H3,(H,25,27). The number of nitrogens with zero attached hydrogens (tertiary/aromatic N) is 2. The number of rotatable bonds is 5. The topological polar surface area (TPSA) is 74.0 Å². The zero-order valence-electron chi connectivity index (χ0n) is 16.6. The number of fused-ring (bicyclic) bond motifs is 2. The lowest BCUT2D eigenvalue weighted by Crippen LogP contribution is -2.21. The van der Waals surface area contributed by atoms with Gasteiger partial charge in [0.2, 0.25) is 0 Å². The Balaban J connectivity index is 1.77. The van der Waals surface area contributed by atoms with Gasteiger partial charge in [-0.25, -0.2) is 4.98 Å². The summed E-state index contributed by atoms with van der Waals surface area (Å²) >= 11 is 0. The number of aromatic amines is 2. The number of aryl methyl sites for hydroxylation is 2. The first-order valence-electron chi connectivity index (χ1n) is 9.31. The second kappa shape index (κ2) is 7.13. The summed E-state index contributed by atoms with van der Waals surface area (Å²) < 4.78 is 5.15. The minimum Gasteiger partial charge on any atom is -0.383 e. The van der Waals surface area contributed by atoms with E-state index in [1.807, 2.05) is 45.2 Å². The Bertz CT molecular complexity index is 1220. The summed E-state index contributed by atoms with van der Waals surface area (Å²) in [6, 6.07) is 12.1. The predicted molar refractivity (Wildman–Crippen MR) is 114 cm³/mol. The van der Waals surface area contributed by atoms with Gasteiger partial charge in [0.1, 0.15) is 0 Å². The minimum absolute atomic E-state index is 0.195. The van der Waals surface area contributed by atoms with Crippen molar-refractivity contribution in [3.8, 4) is 11.4 Å². The zero-order valence-corrected chi connectivity index (χ0v) is 16.6. The normalized spacial score (nSPS) is 11.4. The number of anilines is 1. The van der Waals surface area contributed by atoms with Crippen LogP contribution in [0.4, 0.5) is 5.69 Å². The molecule has 6 heteroatoms. The van der Waals surface area contributed by atoms with Gasteiger partial charge in [0.15, 0.2) is 5.69 Å². The highest BCUT2D eigenvalue weighted by Crippen LogP contribution is 2.26. The molecule has 2 aromatic heterocycles. The molecule has 0 aliphatic rings. The molecule has 4 aromatic rings. The fourth-order valence-corrected chi connectivity index (χ4v) is 3.37. The summed E-state index contributed by atoms with van der Waals surface area (Å²) in [5, 5.41) is 1.04. The highest BCUT2D eigenvalue weighted by atomic mass is 16.5. The molecule has 0 fully saturated rings. The van der Waals surface area contributed by atoms with Crippen molar-refractivity contribution in [3.05, 3.63) is 57.9 Å². The van der Waals surface area contributed by atoms with Gasteiger partial charge in [-0.3, -0.25) is 4.79 Å². The third kappa shape index (κ3) is 3.27. The number of hydrogen-bond donors (Lipinski definition) is 2. The second-order valence-corrected chi connectivity index (χ2v) is 7.24. The fraction of sp³-hybridized carbons (Fsp3) is 0.273. The maximum Gasteiger partial charge on any atom is 0.276 e. The van der Waals surface area contributed by atoms with Gasteiger partial charge in [0.05, 0.1) is 23.3 Å². The molecule has 0 atom stereocenters. The SMILES string of the molecule is COCCN(C)c1ccc2[nH]c(-c3nc4cc(C)c(C)cc4[nH]c3=O)cc2c1. The van der Waals surface area contributed by atoms with Crippen molar-refractivity contribution in [2.45, 2.75) is 13.8 Å². The van der Waals surface area contributed by atoms with Crippen LogP contribution in [-0.2, 0) is 4.74 Å². The number of H-pyrrole nitrogens is 2. The van der Waals surface area contributed by atoms with Crippen LogP contribution in [0.15, 0.2) is 41.2 Å². The third-order valence-corrected chi connectivity index (χ3v) is 5.24. The summed E-state index contributed by atoms with van der Waals surface area (Å²) in [5.74, 6) is 0. The van der Waals surface area contributed by atoms with Crippen LogP contribution in [0.5, 0.6) is 0 Å². The van der Waals surface area contributed by atoms with E-state index in [4.69, 9.17) is 4.74 Å². The van der Waals surface area contributed by atoms with Gasteiger partial charge >= 0.3 is 0 Å². The monoisotopic (exact) mass is 376 g/mol. The molecule has 0 saturated carbocycles. The van der Waals surface area contributed by atoms with Crippen molar-refractivity contribution in [1.82, 2.24) is 15.0 Å². The van der Waals surface area contributed by atoms with E-state index in [2.05, 4.69) is 32.0 Å². The zero-order chi connectivity index (χ0) is 19.8. The lowest BCUT2D eigenvalue weighted by molar-refractivity contribution is 0.206. The number of hydrogen-bond acceptors (Lipinski definition) is 4. The van der Waals surface area contributed by atoms with Gasteiger partial charge in [-0.05, 0) is 61.4 Å². The predicted octanol–water partition coefficient (Wildman–Crippen LogP) is 3.77. The molecule has 2 N–H and O–H groups in total. The fourth-order valence-electron chi connectivity index (χ4n) is 3.37. The summed E-state index contributed by atoms with van der Waals surface area (Å²) in [7, 11) is 3.74. The molecule has 2 aromatic carbocycles. The average molecular weight is 376 g/mol. The summed E-state index contributed by atoms with van der Waals surface area (Å²) in [5.41, 5.74) is 6.83. The molecule has 0 amide bonds. The molecule has 0 spiro atoms. The van der Waals surface area contributed by atoms with Crippen LogP contribution < -0.4 is 10.5 Å². The van der Waals surface area contributed by atoms with Crippen LogP contribution in [0.3, 0.4) is 0 Å². The first kappa shape index (κ1) is 18.3. The molecule has 0 aliphatic carbocycles. The molecule has 4 rings (SSSR count). The van der Waals surface area contributed by atoms with Crippen LogP contribution in [0.25, 0.3) is 33.3 Å². The molecule has 0 saturated heterocycles. The van der Waals surface area contributed by atoms with E-state index in [-0.39, 0.29) is 5.56 Å². The molecule has 0 unspecified atom stereocenters. The van der Waals surface area contributed by atoms with Gasteiger partial charge in [0.25, 0.3) is 5.56 Å². The highest BCUT2D eigenvalue weighted by molar-refractivity contribution is 5.88. The van der Waals surface area contributed by atoms with Crippen LogP contribution >= 0.6 is 0 Å². The van der Waals surface area contributed by atoms with E-state index < -0.39 is 0 Å². The molecule has 144 valence electrons. The Morgan fingerprint density at radius 1 is 1.04 bits per heavy atom. The van der Waals surface area contributed by atoms with Crippen LogP contribution in [-0.4, -0.2) is 42.3 Å². The lowest BCUT2D eigenvalue weighted by atomic mass is 10.1. The molecule has 28 heavy (non-hydrogen) atoms. The summed E-state index contributed by atoms with van der Waals surface area (Å²) in [6.07, 6.45) is 0. The number of benzene rings is 2. The Morgan fingerprint density at radius 3 is 2.61 bits per heavy atom. The maximum absolute atomic E-state index is 12.6. The van der Waals surface area contributed by atoms with Gasteiger partial charge < -0.3 is 19.6 Å². The summed E-state index contributed by atoms with van der Waals surface area (Å²) in [4.78, 5) is 25.7. The molecular weight excluding hydrogens is 352 g/mol. The molecular formula is C22H24N4O2. The maximum atomic E-state index is 12.6. The van der Waals surface area contributed by atoms with Crippen molar-refractivity contribution >= 4 is 27.6 Å². The molecule has 0 aliphatic heterocycles. The van der Waals surface area contributed by atoms with Gasteiger partial charge in [-0.15, -0.1) is 0 Å². The van der Waals surface area contributed by atoms with Crippen molar-refractivity contribution in [3.63, 3.8) is 0 Å². The van der Waals surface area contributed by atoms with Crippen molar-refractivity contribution in [2.75, 3.05) is 32.2 Å². The second-order valence-electron chi connectivity index (χ2n) is 7.24. The number of likely N-dealkylation sites (N-methyl/N-ethyl adjacent to an activating group) is 1. The molecule has 6 nitrogen and oxygen atoms in total. The van der Waals surface area contributed by atoms with Crippen molar-refractivity contribution < 1.29 is 4.74 Å². The Hall–Kier alpha value is -3.12. The Morgan fingerprint density at radius 2 is 1.82 bits per heavy atom. The number of aromatic nitrogens is 3. The summed E-state index contributed by atoms with van der Waals surface area (Å²) in [6.45, 7) is 5.55. The number of nitrogens with one attached hydrogen (secondary N) is 2. The van der Waals surface area contributed by atoms with E-state index in [9.17, 15) is 4.79 Å². The number of methoxy groups -OCH3 is 1. The van der Waals surface area contributed by atoms with Gasteiger partial charge in [-0.2, -0.15) is 0 Å². The lowest BCUT2D eigenvalue weighted by Gasteiger charge is -2.18. The molecule has 2 heterocycles. The van der Waals surface area contributed by atoms with Crippen LogP contribution in [0.1, 0.15) is 11.1 Å². The van der Waals surface area contributed by atoms with Crippen LogP contribution in [0.2, 0.25) is 0 Å². The molecule has 0 radical (unpaired) electrons. The first-order chi connectivity index (χ1) is 13.5. The largest absolute Gasteiger partial charge is 0.383 e.